The maximum atomic E-state index is 13.0. The van der Waals surface area contributed by atoms with E-state index in [0.29, 0.717) is 25.6 Å². The zero-order valence-electron chi connectivity index (χ0n) is 17.7. The van der Waals surface area contributed by atoms with E-state index >= 15 is 0 Å². The molecule has 0 aromatic heterocycles. The number of carbonyl (C=O) groups is 2. The highest BCUT2D eigenvalue weighted by molar-refractivity contribution is 5.87. The van der Waals surface area contributed by atoms with E-state index in [0.717, 1.165) is 51.1 Å². The van der Waals surface area contributed by atoms with E-state index < -0.39 is 6.04 Å². The molecule has 2 aliphatic heterocycles. The van der Waals surface area contributed by atoms with Crippen molar-refractivity contribution in [3.05, 3.63) is 35.6 Å². The number of halogens is 1. The highest BCUT2D eigenvalue weighted by Crippen LogP contribution is 2.15. The first-order valence-electron chi connectivity index (χ1n) is 11.0. The van der Waals surface area contributed by atoms with Gasteiger partial charge in [-0.3, -0.25) is 9.69 Å². The maximum absolute atomic E-state index is 13.0. The molecule has 1 aromatic rings. The molecule has 2 heterocycles. The van der Waals surface area contributed by atoms with Gasteiger partial charge in [0.2, 0.25) is 5.91 Å². The van der Waals surface area contributed by atoms with Crippen molar-refractivity contribution >= 4 is 11.9 Å². The van der Waals surface area contributed by atoms with Gasteiger partial charge < -0.3 is 20.3 Å². The number of hydrogen-bond acceptors (Lipinski definition) is 4. The highest BCUT2D eigenvalue weighted by Gasteiger charge is 2.29. The average molecular weight is 421 g/mol. The van der Waals surface area contributed by atoms with Gasteiger partial charge in [-0.2, -0.15) is 0 Å². The lowest BCUT2D eigenvalue weighted by Crippen LogP contribution is -2.56. The Labute approximate surface area is 177 Å². The van der Waals surface area contributed by atoms with Gasteiger partial charge in [0.25, 0.3) is 0 Å². The van der Waals surface area contributed by atoms with E-state index in [9.17, 15) is 14.0 Å². The fourth-order valence-corrected chi connectivity index (χ4v) is 3.99. The van der Waals surface area contributed by atoms with Crippen molar-refractivity contribution in [1.82, 2.24) is 20.4 Å². The molecule has 7 nitrogen and oxygen atoms in total. The molecule has 166 valence electrons. The fourth-order valence-electron chi connectivity index (χ4n) is 3.99. The summed E-state index contributed by atoms with van der Waals surface area (Å²) in [5, 5.41) is 5.56. The molecule has 2 unspecified atom stereocenters. The summed E-state index contributed by atoms with van der Waals surface area (Å²) in [5.41, 5.74) is 0.798. The molecule has 3 rings (SSSR count). The number of ether oxygens (including phenoxy) is 1. The van der Waals surface area contributed by atoms with Crippen LogP contribution in [0.3, 0.4) is 0 Å². The zero-order valence-corrected chi connectivity index (χ0v) is 17.7. The molecule has 2 aliphatic rings. The van der Waals surface area contributed by atoms with Crippen LogP contribution in [0.15, 0.2) is 24.3 Å². The van der Waals surface area contributed by atoms with Crippen molar-refractivity contribution in [2.75, 3.05) is 39.3 Å². The highest BCUT2D eigenvalue weighted by atomic mass is 19.1. The Bertz CT molecular complexity index is 686. The molecular formula is C22H33FN4O3. The number of urea groups is 1. The lowest BCUT2D eigenvalue weighted by Gasteiger charge is -2.37. The Balaban J connectivity index is 1.44. The maximum Gasteiger partial charge on any atom is 0.315 e. The number of hydrogen-bond donors (Lipinski definition) is 2. The van der Waals surface area contributed by atoms with Crippen LogP contribution in [0.2, 0.25) is 0 Å². The molecule has 2 fully saturated rings. The molecule has 0 bridgehead atoms. The van der Waals surface area contributed by atoms with Gasteiger partial charge in [-0.1, -0.05) is 25.5 Å². The van der Waals surface area contributed by atoms with E-state index in [-0.39, 0.29) is 24.3 Å². The summed E-state index contributed by atoms with van der Waals surface area (Å²) in [7, 11) is 0. The number of piperazine rings is 1. The summed E-state index contributed by atoms with van der Waals surface area (Å²) in [4.78, 5) is 29.5. The smallest absolute Gasteiger partial charge is 0.315 e. The summed E-state index contributed by atoms with van der Waals surface area (Å²) < 4.78 is 18.7. The van der Waals surface area contributed by atoms with E-state index in [4.69, 9.17) is 4.74 Å². The normalized spacial score (nSPS) is 20.7. The lowest BCUT2D eigenvalue weighted by atomic mass is 10.1. The minimum absolute atomic E-state index is 0.0226. The third kappa shape index (κ3) is 6.67. The monoisotopic (exact) mass is 420 g/mol. The van der Waals surface area contributed by atoms with Crippen LogP contribution in [-0.4, -0.2) is 73.2 Å². The zero-order chi connectivity index (χ0) is 21.3. The second kappa shape index (κ2) is 11.3. The van der Waals surface area contributed by atoms with Crippen molar-refractivity contribution in [2.45, 2.75) is 51.3 Å². The van der Waals surface area contributed by atoms with Crippen molar-refractivity contribution in [2.24, 2.45) is 0 Å². The molecule has 8 heteroatoms. The number of nitrogens with zero attached hydrogens (tertiary/aromatic N) is 2. The first-order valence-corrected chi connectivity index (χ1v) is 11.0. The second-order valence-electron chi connectivity index (χ2n) is 8.06. The molecule has 1 aromatic carbocycles. The van der Waals surface area contributed by atoms with Crippen LogP contribution in [0.25, 0.3) is 0 Å². The Kier molecular flexibility index (Phi) is 8.45. The van der Waals surface area contributed by atoms with E-state index in [2.05, 4.69) is 15.5 Å². The van der Waals surface area contributed by atoms with E-state index in [1.165, 1.54) is 12.1 Å². The number of rotatable bonds is 8. The Morgan fingerprint density at radius 1 is 1.20 bits per heavy atom. The van der Waals surface area contributed by atoms with Gasteiger partial charge in [0, 0.05) is 45.9 Å². The second-order valence-corrected chi connectivity index (χ2v) is 8.06. The standard InChI is InChI=1S/C22H33FN4O3/c1-2-4-20(25-22(29)24-15-17-6-8-18(23)9-7-17)21(28)27-12-10-26(11-13-27)16-19-5-3-14-30-19/h6-9,19-20H,2-5,10-16H2,1H3,(H2,24,25,29). The number of benzene rings is 1. The molecule has 0 radical (unpaired) electrons. The molecule has 2 atom stereocenters. The van der Waals surface area contributed by atoms with Gasteiger partial charge in [0.05, 0.1) is 6.10 Å². The summed E-state index contributed by atoms with van der Waals surface area (Å²) in [6.07, 6.45) is 3.98. The Morgan fingerprint density at radius 2 is 1.93 bits per heavy atom. The van der Waals surface area contributed by atoms with Crippen LogP contribution in [0.1, 0.15) is 38.2 Å². The molecule has 30 heavy (non-hydrogen) atoms. The quantitative estimate of drug-likeness (QED) is 0.676. The van der Waals surface area contributed by atoms with Gasteiger partial charge in [-0.25, -0.2) is 9.18 Å². The molecular weight excluding hydrogens is 387 g/mol. The summed E-state index contributed by atoms with van der Waals surface area (Å²) in [6, 6.07) is 5.05. The third-order valence-electron chi connectivity index (χ3n) is 5.72. The van der Waals surface area contributed by atoms with Crippen LogP contribution in [-0.2, 0) is 16.1 Å². The fraction of sp³-hybridized carbons (Fsp3) is 0.636. The largest absolute Gasteiger partial charge is 0.377 e. The van der Waals surface area contributed by atoms with Gasteiger partial charge >= 0.3 is 6.03 Å². The van der Waals surface area contributed by atoms with E-state index in [1.54, 1.807) is 12.1 Å². The number of carbonyl (C=O) groups excluding carboxylic acids is 2. The van der Waals surface area contributed by atoms with Gasteiger partial charge in [0.15, 0.2) is 0 Å². The van der Waals surface area contributed by atoms with Gasteiger partial charge in [0.1, 0.15) is 11.9 Å². The molecule has 2 saturated heterocycles. The van der Waals surface area contributed by atoms with Crippen LogP contribution in [0, 0.1) is 5.82 Å². The number of nitrogens with one attached hydrogen (secondary N) is 2. The molecule has 0 saturated carbocycles. The van der Waals surface area contributed by atoms with Gasteiger partial charge in [-0.05, 0) is 37.0 Å². The Morgan fingerprint density at radius 3 is 2.57 bits per heavy atom. The average Bonchev–Trinajstić information content (AvgIpc) is 3.26. The van der Waals surface area contributed by atoms with E-state index in [1.807, 2.05) is 11.8 Å². The first kappa shape index (κ1) is 22.5. The van der Waals surface area contributed by atoms with Crippen molar-refractivity contribution in [3.63, 3.8) is 0 Å². The predicted octanol–water partition coefficient (Wildman–Crippen LogP) is 2.12. The minimum atomic E-state index is -0.534. The van der Waals surface area contributed by atoms with Crippen molar-refractivity contribution in [1.29, 1.82) is 0 Å². The number of amides is 3. The van der Waals surface area contributed by atoms with Crippen LogP contribution in [0.4, 0.5) is 9.18 Å². The summed E-state index contributed by atoms with van der Waals surface area (Å²) in [5.74, 6) is -0.335. The SMILES string of the molecule is CCCC(NC(=O)NCc1ccc(F)cc1)C(=O)N1CCN(CC2CCCO2)CC1. The molecule has 0 aliphatic carbocycles. The van der Waals surface area contributed by atoms with Crippen molar-refractivity contribution in [3.8, 4) is 0 Å². The molecule has 0 spiro atoms. The third-order valence-corrected chi connectivity index (χ3v) is 5.72. The molecule has 3 amide bonds. The lowest BCUT2D eigenvalue weighted by molar-refractivity contribution is -0.135. The van der Waals surface area contributed by atoms with Crippen LogP contribution < -0.4 is 10.6 Å². The summed E-state index contributed by atoms with van der Waals surface area (Å²) in [6.45, 7) is 7.08. The predicted molar refractivity (Wildman–Crippen MR) is 112 cm³/mol. The van der Waals surface area contributed by atoms with Crippen molar-refractivity contribution < 1.29 is 18.7 Å². The minimum Gasteiger partial charge on any atom is -0.377 e. The Hall–Kier alpha value is -2.19. The summed E-state index contributed by atoms with van der Waals surface area (Å²) >= 11 is 0. The van der Waals surface area contributed by atoms with Crippen LogP contribution >= 0.6 is 0 Å². The topological polar surface area (TPSA) is 73.9 Å². The van der Waals surface area contributed by atoms with Gasteiger partial charge in [-0.15, -0.1) is 0 Å². The first-order chi connectivity index (χ1) is 14.5. The van der Waals surface area contributed by atoms with Crippen LogP contribution in [0.5, 0.6) is 0 Å². The molecule has 2 N–H and O–H groups in total.